The summed E-state index contributed by atoms with van der Waals surface area (Å²) in [6, 6.07) is 14.7. The highest BCUT2D eigenvalue weighted by atomic mass is 35.5. The number of anilines is 1. The Morgan fingerprint density at radius 3 is 2.68 bits per heavy atom. The Labute approximate surface area is 172 Å². The van der Waals surface area contributed by atoms with Crippen molar-refractivity contribution in [1.29, 1.82) is 0 Å². The van der Waals surface area contributed by atoms with Gasteiger partial charge >= 0.3 is 5.97 Å². The number of thioether (sulfide) groups is 1. The van der Waals surface area contributed by atoms with E-state index in [0.29, 0.717) is 23.7 Å². The van der Waals surface area contributed by atoms with E-state index >= 15 is 0 Å². The van der Waals surface area contributed by atoms with Crippen molar-refractivity contribution in [2.75, 3.05) is 30.3 Å². The Morgan fingerprint density at radius 1 is 1.14 bits per heavy atom. The smallest absolute Gasteiger partial charge is 0.326 e. The van der Waals surface area contributed by atoms with Gasteiger partial charge in [0.2, 0.25) is 5.91 Å². The lowest BCUT2D eigenvalue weighted by Gasteiger charge is -2.27. The number of ether oxygens (including phenoxy) is 1. The zero-order valence-corrected chi connectivity index (χ0v) is 16.6. The predicted octanol–water partition coefficient (Wildman–Crippen LogP) is 2.68. The number of esters is 1. The van der Waals surface area contributed by atoms with Gasteiger partial charge in [-0.05, 0) is 36.2 Å². The van der Waals surface area contributed by atoms with Gasteiger partial charge in [-0.25, -0.2) is 0 Å². The molecule has 2 aromatic rings. The molecule has 0 aromatic heterocycles. The molecule has 1 heterocycles. The fourth-order valence-electron chi connectivity index (χ4n) is 2.70. The van der Waals surface area contributed by atoms with Crippen molar-refractivity contribution in [3.8, 4) is 0 Å². The number of amides is 2. The van der Waals surface area contributed by atoms with Gasteiger partial charge in [-0.15, -0.1) is 11.8 Å². The summed E-state index contributed by atoms with van der Waals surface area (Å²) in [6.07, 6.45) is 0.646. The fourth-order valence-corrected chi connectivity index (χ4v) is 3.76. The van der Waals surface area contributed by atoms with Crippen molar-refractivity contribution >= 4 is 46.8 Å². The zero-order chi connectivity index (χ0) is 19.9. The highest BCUT2D eigenvalue weighted by Crippen LogP contribution is 2.34. The van der Waals surface area contributed by atoms with Crippen LogP contribution in [0.4, 0.5) is 5.69 Å². The summed E-state index contributed by atoms with van der Waals surface area (Å²) in [5, 5.41) is 3.36. The van der Waals surface area contributed by atoms with Crippen LogP contribution in [0.1, 0.15) is 5.56 Å². The standard InChI is InChI=1S/C20H19ClN2O4S/c21-15-7-5-14(6-8-15)9-10-22-18(24)12-27-20(26)11-23-16-3-1-2-4-17(16)28-13-19(23)25/h1-8H,9-13H2,(H,22,24). The van der Waals surface area contributed by atoms with E-state index < -0.39 is 5.97 Å². The number of nitrogens with zero attached hydrogens (tertiary/aromatic N) is 1. The first-order valence-electron chi connectivity index (χ1n) is 8.72. The van der Waals surface area contributed by atoms with Gasteiger partial charge in [-0.1, -0.05) is 35.9 Å². The minimum absolute atomic E-state index is 0.159. The number of carbonyl (C=O) groups excluding carboxylic acids is 3. The molecule has 2 amide bonds. The van der Waals surface area contributed by atoms with Gasteiger partial charge in [0.1, 0.15) is 6.54 Å². The first kappa shape index (κ1) is 20.2. The monoisotopic (exact) mass is 418 g/mol. The molecule has 0 spiro atoms. The molecule has 3 rings (SSSR count). The van der Waals surface area contributed by atoms with Gasteiger partial charge in [-0.3, -0.25) is 19.3 Å². The zero-order valence-electron chi connectivity index (χ0n) is 15.0. The topological polar surface area (TPSA) is 75.7 Å². The SMILES string of the molecule is O=C(COC(=O)CN1C(=O)CSc2ccccc21)NCCc1ccc(Cl)cc1. The third-order valence-corrected chi connectivity index (χ3v) is 5.41. The van der Waals surface area contributed by atoms with Crippen molar-refractivity contribution in [1.82, 2.24) is 5.32 Å². The van der Waals surface area contributed by atoms with Crippen molar-refractivity contribution in [2.45, 2.75) is 11.3 Å². The van der Waals surface area contributed by atoms with E-state index in [1.165, 1.54) is 16.7 Å². The van der Waals surface area contributed by atoms with E-state index in [0.717, 1.165) is 10.5 Å². The number of hydrogen-bond donors (Lipinski definition) is 1. The molecule has 0 atom stereocenters. The quantitative estimate of drug-likeness (QED) is 0.699. The highest BCUT2D eigenvalue weighted by molar-refractivity contribution is 8.00. The molecule has 1 N–H and O–H groups in total. The second-order valence-electron chi connectivity index (χ2n) is 6.12. The molecular weight excluding hydrogens is 400 g/mol. The second kappa shape index (κ2) is 9.61. The molecule has 1 aliphatic heterocycles. The first-order valence-corrected chi connectivity index (χ1v) is 10.1. The summed E-state index contributed by atoms with van der Waals surface area (Å²) in [7, 11) is 0. The molecule has 0 radical (unpaired) electrons. The van der Waals surface area contributed by atoms with Crippen LogP contribution in [-0.2, 0) is 25.5 Å². The average Bonchev–Trinajstić information content (AvgIpc) is 2.70. The number of hydrogen-bond acceptors (Lipinski definition) is 5. The van der Waals surface area contributed by atoms with Gasteiger partial charge in [0, 0.05) is 16.5 Å². The van der Waals surface area contributed by atoms with Crippen molar-refractivity contribution in [3.63, 3.8) is 0 Å². The summed E-state index contributed by atoms with van der Waals surface area (Å²) in [6.45, 7) is -0.167. The molecule has 0 bridgehead atoms. The summed E-state index contributed by atoms with van der Waals surface area (Å²) in [5.74, 6) is -0.894. The number of fused-ring (bicyclic) bond motifs is 1. The van der Waals surface area contributed by atoms with Crippen LogP contribution in [0.3, 0.4) is 0 Å². The van der Waals surface area contributed by atoms with Crippen LogP contribution in [0.15, 0.2) is 53.4 Å². The Morgan fingerprint density at radius 2 is 1.89 bits per heavy atom. The maximum absolute atomic E-state index is 12.1. The van der Waals surface area contributed by atoms with Crippen molar-refractivity contribution < 1.29 is 19.1 Å². The largest absolute Gasteiger partial charge is 0.454 e. The number of rotatable bonds is 7. The van der Waals surface area contributed by atoms with Crippen LogP contribution in [0.2, 0.25) is 5.02 Å². The van der Waals surface area contributed by atoms with Crippen LogP contribution >= 0.6 is 23.4 Å². The fraction of sp³-hybridized carbons (Fsp3) is 0.250. The van der Waals surface area contributed by atoms with E-state index in [-0.39, 0.29) is 30.7 Å². The Hall–Kier alpha value is -2.51. The molecule has 0 aliphatic carbocycles. The van der Waals surface area contributed by atoms with Crippen LogP contribution in [-0.4, -0.2) is 43.2 Å². The van der Waals surface area contributed by atoms with Crippen molar-refractivity contribution in [2.24, 2.45) is 0 Å². The normalized spacial score (nSPS) is 13.0. The molecule has 8 heteroatoms. The summed E-state index contributed by atoms with van der Waals surface area (Å²) >= 11 is 7.27. The number of para-hydroxylation sites is 1. The first-order chi connectivity index (χ1) is 13.5. The van der Waals surface area contributed by atoms with E-state index in [2.05, 4.69) is 5.32 Å². The minimum Gasteiger partial charge on any atom is -0.454 e. The van der Waals surface area contributed by atoms with Gasteiger partial charge in [0.15, 0.2) is 6.61 Å². The van der Waals surface area contributed by atoms with Gasteiger partial charge < -0.3 is 10.1 Å². The number of carbonyl (C=O) groups is 3. The predicted molar refractivity (Wildman–Crippen MR) is 109 cm³/mol. The molecular formula is C20H19ClN2O4S. The van der Waals surface area contributed by atoms with Gasteiger partial charge in [-0.2, -0.15) is 0 Å². The highest BCUT2D eigenvalue weighted by Gasteiger charge is 2.26. The molecule has 0 unspecified atom stereocenters. The lowest BCUT2D eigenvalue weighted by atomic mass is 10.1. The maximum Gasteiger partial charge on any atom is 0.326 e. The third-order valence-electron chi connectivity index (χ3n) is 4.11. The summed E-state index contributed by atoms with van der Waals surface area (Å²) in [4.78, 5) is 38.4. The van der Waals surface area contributed by atoms with Crippen LogP contribution in [0, 0.1) is 0 Å². The van der Waals surface area contributed by atoms with Gasteiger partial charge in [0.05, 0.1) is 11.4 Å². The van der Waals surface area contributed by atoms with E-state index in [1.807, 2.05) is 30.3 Å². The Kier molecular flexibility index (Phi) is 6.95. The van der Waals surface area contributed by atoms with Gasteiger partial charge in [0.25, 0.3) is 5.91 Å². The van der Waals surface area contributed by atoms with Crippen LogP contribution in [0.5, 0.6) is 0 Å². The number of halogens is 1. The molecule has 0 fully saturated rings. The number of benzene rings is 2. The van der Waals surface area contributed by atoms with Crippen molar-refractivity contribution in [3.05, 3.63) is 59.1 Å². The summed E-state index contributed by atoms with van der Waals surface area (Å²) < 4.78 is 5.02. The number of nitrogens with one attached hydrogen (secondary N) is 1. The van der Waals surface area contributed by atoms with E-state index in [9.17, 15) is 14.4 Å². The molecule has 0 saturated carbocycles. The lowest BCUT2D eigenvalue weighted by molar-refractivity contribution is -0.147. The molecule has 6 nitrogen and oxygen atoms in total. The van der Waals surface area contributed by atoms with Crippen LogP contribution < -0.4 is 10.2 Å². The average molecular weight is 419 g/mol. The Bertz CT molecular complexity index is 873. The minimum atomic E-state index is -0.622. The molecule has 28 heavy (non-hydrogen) atoms. The Balaban J connectivity index is 1.42. The molecule has 2 aromatic carbocycles. The molecule has 146 valence electrons. The molecule has 1 aliphatic rings. The second-order valence-corrected chi connectivity index (χ2v) is 7.58. The third kappa shape index (κ3) is 5.50. The van der Waals surface area contributed by atoms with E-state index in [1.54, 1.807) is 18.2 Å². The lowest BCUT2D eigenvalue weighted by Crippen LogP contribution is -2.40. The molecule has 0 saturated heterocycles. The maximum atomic E-state index is 12.1. The van der Waals surface area contributed by atoms with E-state index in [4.69, 9.17) is 16.3 Å². The van der Waals surface area contributed by atoms with Crippen LogP contribution in [0.25, 0.3) is 0 Å². The summed E-state index contributed by atoms with van der Waals surface area (Å²) in [5.41, 5.74) is 1.73.